The lowest BCUT2D eigenvalue weighted by Crippen LogP contribution is -2.50. The molecule has 1 aliphatic heterocycles. The second-order valence-electron chi connectivity index (χ2n) is 4.91. The van der Waals surface area contributed by atoms with Crippen LogP contribution in [-0.4, -0.2) is 24.1 Å². The highest BCUT2D eigenvalue weighted by atomic mass is 16.4. The lowest BCUT2D eigenvalue weighted by Gasteiger charge is -2.43. The molecule has 0 saturated carbocycles. The fourth-order valence-electron chi connectivity index (χ4n) is 2.87. The Morgan fingerprint density at radius 3 is 3.00 bits per heavy atom. The summed E-state index contributed by atoms with van der Waals surface area (Å²) < 4.78 is 5.42. The quantitative estimate of drug-likeness (QED) is 0.850. The number of oxazole rings is 1. The highest BCUT2D eigenvalue weighted by Crippen LogP contribution is 2.32. The zero-order valence-corrected chi connectivity index (χ0v) is 10.1. The molecule has 16 heavy (non-hydrogen) atoms. The van der Waals surface area contributed by atoms with Gasteiger partial charge in [0, 0.05) is 12.6 Å². The van der Waals surface area contributed by atoms with Gasteiger partial charge >= 0.3 is 0 Å². The molecule has 4 heteroatoms. The lowest BCUT2D eigenvalue weighted by atomic mass is 9.83. The van der Waals surface area contributed by atoms with Crippen LogP contribution in [0, 0.1) is 11.8 Å². The summed E-state index contributed by atoms with van der Waals surface area (Å²) in [5.41, 5.74) is 5.87. The molecule has 0 radical (unpaired) electrons. The van der Waals surface area contributed by atoms with E-state index in [0.717, 1.165) is 19.0 Å². The first-order chi connectivity index (χ1) is 7.74. The van der Waals surface area contributed by atoms with Crippen LogP contribution in [0.25, 0.3) is 0 Å². The summed E-state index contributed by atoms with van der Waals surface area (Å²) in [5.74, 6) is 2.04. The van der Waals surface area contributed by atoms with Gasteiger partial charge in [0.25, 0.3) is 0 Å². The normalized spacial score (nSPS) is 26.4. The van der Waals surface area contributed by atoms with E-state index < -0.39 is 0 Å². The van der Waals surface area contributed by atoms with E-state index in [2.05, 4.69) is 23.7 Å². The van der Waals surface area contributed by atoms with E-state index in [0.29, 0.717) is 17.9 Å². The highest BCUT2D eigenvalue weighted by molar-refractivity contribution is 5.35. The van der Waals surface area contributed by atoms with Crippen molar-refractivity contribution in [2.75, 3.05) is 18.0 Å². The number of anilines is 1. The predicted molar refractivity (Wildman–Crippen MR) is 64.3 cm³/mol. The SMILES string of the molecule is CC(C)[C@@H]1[C@@H](CN)CCCN1c1cnco1. The van der Waals surface area contributed by atoms with Crippen LogP contribution < -0.4 is 10.6 Å². The summed E-state index contributed by atoms with van der Waals surface area (Å²) in [6, 6.07) is 0.478. The van der Waals surface area contributed by atoms with E-state index in [9.17, 15) is 0 Å². The van der Waals surface area contributed by atoms with Crippen molar-refractivity contribution >= 4 is 5.88 Å². The third-order valence-electron chi connectivity index (χ3n) is 3.50. The molecule has 0 aliphatic carbocycles. The molecule has 0 unspecified atom stereocenters. The number of rotatable bonds is 3. The van der Waals surface area contributed by atoms with Gasteiger partial charge in [0.15, 0.2) is 6.39 Å². The number of nitrogens with zero attached hydrogens (tertiary/aromatic N) is 2. The molecule has 1 aliphatic rings. The minimum absolute atomic E-state index is 0.478. The molecule has 2 N–H and O–H groups in total. The van der Waals surface area contributed by atoms with Gasteiger partial charge in [-0.15, -0.1) is 0 Å². The number of aromatic nitrogens is 1. The molecular weight excluding hydrogens is 202 g/mol. The fourth-order valence-corrected chi connectivity index (χ4v) is 2.87. The Labute approximate surface area is 96.8 Å². The first-order valence-electron chi connectivity index (χ1n) is 6.09. The van der Waals surface area contributed by atoms with E-state index in [1.807, 2.05) is 0 Å². The summed E-state index contributed by atoms with van der Waals surface area (Å²) in [5, 5.41) is 0. The molecule has 2 rings (SSSR count). The number of hydrogen-bond acceptors (Lipinski definition) is 4. The predicted octanol–water partition coefficient (Wildman–Crippen LogP) is 1.87. The molecule has 2 atom stereocenters. The van der Waals surface area contributed by atoms with Crippen molar-refractivity contribution in [1.29, 1.82) is 0 Å². The van der Waals surface area contributed by atoms with Crippen LogP contribution >= 0.6 is 0 Å². The first kappa shape index (κ1) is 11.5. The van der Waals surface area contributed by atoms with Crippen molar-refractivity contribution in [1.82, 2.24) is 4.98 Å². The molecule has 1 aromatic heterocycles. The summed E-state index contributed by atoms with van der Waals surface area (Å²) in [4.78, 5) is 6.33. The lowest BCUT2D eigenvalue weighted by molar-refractivity contribution is 0.261. The smallest absolute Gasteiger partial charge is 0.216 e. The summed E-state index contributed by atoms with van der Waals surface area (Å²) in [6.07, 6.45) is 5.71. The second-order valence-corrected chi connectivity index (χ2v) is 4.91. The molecule has 1 aromatic rings. The van der Waals surface area contributed by atoms with Crippen molar-refractivity contribution in [2.45, 2.75) is 32.7 Å². The van der Waals surface area contributed by atoms with Gasteiger partial charge in [-0.25, -0.2) is 4.98 Å². The van der Waals surface area contributed by atoms with Crippen LogP contribution in [-0.2, 0) is 0 Å². The van der Waals surface area contributed by atoms with Crippen molar-refractivity contribution in [3.05, 3.63) is 12.6 Å². The Morgan fingerprint density at radius 2 is 2.44 bits per heavy atom. The van der Waals surface area contributed by atoms with Gasteiger partial charge in [-0.1, -0.05) is 13.8 Å². The van der Waals surface area contributed by atoms with Crippen LogP contribution in [0.15, 0.2) is 17.0 Å². The molecule has 4 nitrogen and oxygen atoms in total. The fraction of sp³-hybridized carbons (Fsp3) is 0.750. The molecule has 1 saturated heterocycles. The number of hydrogen-bond donors (Lipinski definition) is 1. The topological polar surface area (TPSA) is 55.3 Å². The van der Waals surface area contributed by atoms with Crippen molar-refractivity contribution in [2.24, 2.45) is 17.6 Å². The van der Waals surface area contributed by atoms with E-state index in [4.69, 9.17) is 10.2 Å². The molecular formula is C12H21N3O. The Hall–Kier alpha value is -1.03. The van der Waals surface area contributed by atoms with Gasteiger partial charge in [-0.3, -0.25) is 0 Å². The van der Waals surface area contributed by atoms with Crippen LogP contribution in [0.3, 0.4) is 0 Å². The Balaban J connectivity index is 2.21. The zero-order chi connectivity index (χ0) is 11.5. The second kappa shape index (κ2) is 4.87. The third kappa shape index (κ3) is 2.07. The first-order valence-corrected chi connectivity index (χ1v) is 6.09. The van der Waals surface area contributed by atoms with Gasteiger partial charge in [-0.2, -0.15) is 0 Å². The average Bonchev–Trinajstić information content (AvgIpc) is 2.81. The molecule has 1 fully saturated rings. The average molecular weight is 223 g/mol. The number of nitrogens with two attached hydrogens (primary N) is 1. The van der Waals surface area contributed by atoms with Crippen LogP contribution in [0.1, 0.15) is 26.7 Å². The Morgan fingerprint density at radius 1 is 1.62 bits per heavy atom. The molecule has 0 aromatic carbocycles. The van der Waals surface area contributed by atoms with Crippen LogP contribution in [0.4, 0.5) is 5.88 Å². The molecule has 0 bridgehead atoms. The minimum atomic E-state index is 0.478. The van der Waals surface area contributed by atoms with Gasteiger partial charge in [0.1, 0.15) is 0 Å². The Bertz CT molecular complexity index is 310. The maximum absolute atomic E-state index is 5.87. The van der Waals surface area contributed by atoms with Crippen molar-refractivity contribution in [3.8, 4) is 0 Å². The summed E-state index contributed by atoms with van der Waals surface area (Å²) in [6.45, 7) is 6.31. The molecule has 2 heterocycles. The maximum Gasteiger partial charge on any atom is 0.216 e. The maximum atomic E-state index is 5.87. The van der Waals surface area contributed by atoms with E-state index in [1.54, 1.807) is 6.20 Å². The number of piperidine rings is 1. The van der Waals surface area contributed by atoms with Crippen LogP contribution in [0.5, 0.6) is 0 Å². The molecule has 0 spiro atoms. The van der Waals surface area contributed by atoms with Gasteiger partial charge in [0.2, 0.25) is 5.88 Å². The van der Waals surface area contributed by atoms with E-state index >= 15 is 0 Å². The molecule has 0 amide bonds. The Kier molecular flexibility index (Phi) is 3.49. The van der Waals surface area contributed by atoms with E-state index in [-0.39, 0.29) is 0 Å². The van der Waals surface area contributed by atoms with Crippen molar-refractivity contribution in [3.63, 3.8) is 0 Å². The monoisotopic (exact) mass is 223 g/mol. The van der Waals surface area contributed by atoms with Gasteiger partial charge in [-0.05, 0) is 31.2 Å². The highest BCUT2D eigenvalue weighted by Gasteiger charge is 2.34. The van der Waals surface area contributed by atoms with E-state index in [1.165, 1.54) is 19.2 Å². The van der Waals surface area contributed by atoms with Crippen LogP contribution in [0.2, 0.25) is 0 Å². The van der Waals surface area contributed by atoms with Crippen molar-refractivity contribution < 1.29 is 4.42 Å². The molecule has 90 valence electrons. The third-order valence-corrected chi connectivity index (χ3v) is 3.50. The van der Waals surface area contributed by atoms with Gasteiger partial charge < -0.3 is 15.1 Å². The zero-order valence-electron chi connectivity index (χ0n) is 10.1. The minimum Gasteiger partial charge on any atom is -0.428 e. The summed E-state index contributed by atoms with van der Waals surface area (Å²) in [7, 11) is 0. The standard InChI is InChI=1S/C12H21N3O/c1-9(2)12-10(6-13)4-3-5-15(12)11-7-14-8-16-11/h7-10,12H,3-6,13H2,1-2H3/t10-,12-/m1/s1. The largest absolute Gasteiger partial charge is 0.428 e. The van der Waals surface area contributed by atoms with Gasteiger partial charge in [0.05, 0.1) is 6.20 Å². The summed E-state index contributed by atoms with van der Waals surface area (Å²) >= 11 is 0.